The van der Waals surface area contributed by atoms with E-state index in [4.69, 9.17) is 4.74 Å². The van der Waals surface area contributed by atoms with Gasteiger partial charge in [0.05, 0.1) is 14.2 Å². The van der Waals surface area contributed by atoms with Crippen molar-refractivity contribution in [1.82, 2.24) is 4.90 Å². The normalized spacial score (nSPS) is 21.0. The molecule has 0 saturated heterocycles. The van der Waals surface area contributed by atoms with E-state index in [0.717, 1.165) is 17.0 Å². The number of hydrogen-bond acceptors (Lipinski definition) is 4. The van der Waals surface area contributed by atoms with E-state index in [-0.39, 0.29) is 23.7 Å². The van der Waals surface area contributed by atoms with Crippen molar-refractivity contribution >= 4 is 29.4 Å². The Morgan fingerprint density at radius 1 is 1.29 bits per heavy atom. The lowest BCUT2D eigenvalue weighted by Crippen LogP contribution is -2.53. The van der Waals surface area contributed by atoms with Crippen LogP contribution in [0, 0.1) is 0 Å². The first-order chi connectivity index (χ1) is 10.1. The summed E-state index contributed by atoms with van der Waals surface area (Å²) in [4.78, 5) is 26.1. The monoisotopic (exact) mass is 303 g/mol. The maximum absolute atomic E-state index is 12.5. The molecular weight excluding hydrogens is 288 g/mol. The highest BCUT2D eigenvalue weighted by atomic mass is 32.2. The van der Waals surface area contributed by atoms with Crippen LogP contribution in [0.15, 0.2) is 35.7 Å². The number of carbonyl (C=O) groups excluding carboxylic acids is 2. The molecule has 108 valence electrons. The summed E-state index contributed by atoms with van der Waals surface area (Å²) in [6.45, 7) is 0.274. The number of imide groups is 1. The average molecular weight is 303 g/mol. The van der Waals surface area contributed by atoms with Crippen LogP contribution in [-0.4, -0.2) is 46.5 Å². The minimum atomic E-state index is -0.300. The lowest BCUT2D eigenvalue weighted by atomic mass is 10.1. The van der Waals surface area contributed by atoms with E-state index in [2.05, 4.69) is 0 Å². The van der Waals surface area contributed by atoms with Crippen LogP contribution in [0.3, 0.4) is 0 Å². The third-order valence-corrected chi connectivity index (χ3v) is 4.63. The molecule has 3 rings (SSSR count). The predicted molar refractivity (Wildman–Crippen MR) is 80.7 cm³/mol. The molecule has 6 heteroatoms. The molecule has 21 heavy (non-hydrogen) atoms. The zero-order valence-electron chi connectivity index (χ0n) is 11.8. The van der Waals surface area contributed by atoms with E-state index in [9.17, 15) is 9.59 Å². The van der Waals surface area contributed by atoms with Gasteiger partial charge in [0, 0.05) is 0 Å². The molecule has 0 aliphatic carbocycles. The molecule has 0 bridgehead atoms. The van der Waals surface area contributed by atoms with Gasteiger partial charge in [0.1, 0.15) is 18.0 Å². The summed E-state index contributed by atoms with van der Waals surface area (Å²) in [6.07, 6.45) is 1.83. The highest BCUT2D eigenvalue weighted by molar-refractivity contribution is 8.04. The largest absolute Gasteiger partial charge is 0.501 e. The van der Waals surface area contributed by atoms with E-state index in [1.165, 1.54) is 16.7 Å². The molecule has 0 radical (unpaired) electrons. The lowest BCUT2D eigenvalue weighted by molar-refractivity contribution is -0.404. The number of allylic oxidation sites excluding steroid dienone is 1. The second kappa shape index (κ2) is 5.37. The van der Waals surface area contributed by atoms with Crippen LogP contribution in [0.25, 0.3) is 0 Å². The van der Waals surface area contributed by atoms with Crippen LogP contribution in [0.1, 0.15) is 5.56 Å². The number of methoxy groups -OCH3 is 1. The number of nitrogens with zero attached hydrogens (tertiary/aromatic N) is 2. The summed E-state index contributed by atoms with van der Waals surface area (Å²) in [5.74, 6) is 0.595. The molecule has 2 aliphatic heterocycles. The van der Waals surface area contributed by atoms with Gasteiger partial charge < -0.3 is 4.74 Å². The van der Waals surface area contributed by atoms with E-state index >= 15 is 0 Å². The number of hydrogen-bond donors (Lipinski definition) is 0. The van der Waals surface area contributed by atoms with Gasteiger partial charge in [0.2, 0.25) is 0 Å². The number of thioether (sulfide) groups is 1. The van der Waals surface area contributed by atoms with Crippen molar-refractivity contribution < 1.29 is 18.9 Å². The second-order valence-electron chi connectivity index (χ2n) is 4.86. The molecule has 0 spiro atoms. The Kier molecular flexibility index (Phi) is 3.55. The molecule has 3 amide bonds. The first-order valence-corrected chi connectivity index (χ1v) is 7.47. The molecule has 0 fully saturated rings. The molecule has 1 atom stereocenters. The van der Waals surface area contributed by atoms with Gasteiger partial charge in [-0.3, -0.25) is 0 Å². The van der Waals surface area contributed by atoms with E-state index in [1.807, 2.05) is 35.7 Å². The van der Waals surface area contributed by atoms with Crippen LogP contribution in [0.4, 0.5) is 4.79 Å². The molecule has 1 aromatic rings. The Morgan fingerprint density at radius 2 is 2.00 bits per heavy atom. The first kappa shape index (κ1) is 13.9. The molecule has 0 aromatic heterocycles. The first-order valence-electron chi connectivity index (χ1n) is 6.52. The van der Waals surface area contributed by atoms with E-state index < -0.39 is 0 Å². The summed E-state index contributed by atoms with van der Waals surface area (Å²) >= 11 is 1.44. The number of rotatable bonds is 3. The highest BCUT2D eigenvalue weighted by Gasteiger charge is 2.47. The van der Waals surface area contributed by atoms with Gasteiger partial charge in [-0.05, 0) is 29.2 Å². The number of urea groups is 1. The molecule has 1 aromatic carbocycles. The summed E-state index contributed by atoms with van der Waals surface area (Å²) in [5, 5.41) is 1.56. The minimum absolute atomic E-state index is 0.154. The van der Waals surface area contributed by atoms with Crippen molar-refractivity contribution in [1.29, 1.82) is 0 Å². The van der Waals surface area contributed by atoms with Crippen LogP contribution < -0.4 is 4.74 Å². The Balaban J connectivity index is 1.85. The number of benzene rings is 1. The average Bonchev–Trinajstić information content (AvgIpc) is 3.00. The molecule has 5 nitrogen and oxygen atoms in total. The van der Waals surface area contributed by atoms with Gasteiger partial charge >= 0.3 is 11.9 Å². The fraction of sp³-hybridized carbons (Fsp3) is 0.267. The van der Waals surface area contributed by atoms with E-state index in [0.29, 0.717) is 0 Å². The summed E-state index contributed by atoms with van der Waals surface area (Å²) in [5.41, 5.74) is 1.66. The predicted octanol–water partition coefficient (Wildman–Crippen LogP) is 1.87. The topological polar surface area (TPSA) is 49.6 Å². The smallest absolute Gasteiger partial charge is 0.497 e. The van der Waals surface area contributed by atoms with Crippen LogP contribution in [0.5, 0.6) is 5.75 Å². The maximum Gasteiger partial charge on any atom is 0.501 e. The standard InChI is InChI=1S/C15H15N2O3S/c1-16-12-7-8-21-13(12)14(18)17(15(16)19)9-10-3-5-11(20-2)6-4-10/h3-8,13H,9H2,1-2H3/q+1. The zero-order valence-corrected chi connectivity index (χ0v) is 12.6. The number of ether oxygens (including phenoxy) is 1. The summed E-state index contributed by atoms with van der Waals surface area (Å²) < 4.78 is 6.65. The SMILES string of the molecule is COc1ccc(CN2C(=O)C3SC=CC3=[N+](C)C2=O)cc1. The van der Waals surface area contributed by atoms with Gasteiger partial charge in [-0.2, -0.15) is 14.3 Å². The van der Waals surface area contributed by atoms with Gasteiger partial charge in [-0.25, -0.2) is 4.79 Å². The maximum atomic E-state index is 12.5. The number of fused-ring (bicyclic) bond motifs is 1. The minimum Gasteiger partial charge on any atom is -0.497 e. The van der Waals surface area contributed by atoms with Gasteiger partial charge in [0.25, 0.3) is 0 Å². The van der Waals surface area contributed by atoms with Crippen molar-refractivity contribution in [2.45, 2.75) is 11.8 Å². The van der Waals surface area contributed by atoms with Gasteiger partial charge in [0.15, 0.2) is 5.25 Å². The molecule has 1 unspecified atom stereocenters. The Bertz CT molecular complexity index is 664. The highest BCUT2D eigenvalue weighted by Crippen LogP contribution is 2.28. The lowest BCUT2D eigenvalue weighted by Gasteiger charge is -2.22. The van der Waals surface area contributed by atoms with Gasteiger partial charge in [-0.1, -0.05) is 12.1 Å². The molecular formula is C15H15N2O3S+. The van der Waals surface area contributed by atoms with Crippen LogP contribution >= 0.6 is 11.8 Å². The Hall–Kier alpha value is -2.08. The van der Waals surface area contributed by atoms with E-state index in [1.54, 1.807) is 18.7 Å². The van der Waals surface area contributed by atoms with Crippen LogP contribution in [0.2, 0.25) is 0 Å². The Morgan fingerprint density at radius 3 is 2.67 bits per heavy atom. The quantitative estimate of drug-likeness (QED) is 0.800. The van der Waals surface area contributed by atoms with Gasteiger partial charge in [-0.15, -0.1) is 11.8 Å². The zero-order chi connectivity index (χ0) is 15.0. The Labute approximate surface area is 126 Å². The third-order valence-electron chi connectivity index (χ3n) is 3.62. The van der Waals surface area contributed by atoms with Crippen molar-refractivity contribution in [3.05, 3.63) is 41.3 Å². The molecule has 0 N–H and O–H groups in total. The number of amides is 3. The molecule has 2 aliphatic rings. The van der Waals surface area contributed by atoms with Crippen molar-refractivity contribution in [3.63, 3.8) is 0 Å². The second-order valence-corrected chi connectivity index (χ2v) is 5.87. The van der Waals surface area contributed by atoms with Crippen molar-refractivity contribution in [3.8, 4) is 5.75 Å². The van der Waals surface area contributed by atoms with Crippen molar-refractivity contribution in [2.24, 2.45) is 0 Å². The van der Waals surface area contributed by atoms with Crippen LogP contribution in [-0.2, 0) is 11.3 Å². The third kappa shape index (κ3) is 2.35. The summed E-state index contributed by atoms with van der Waals surface area (Å²) in [7, 11) is 3.30. The fourth-order valence-corrected chi connectivity index (χ4v) is 3.40. The fourth-order valence-electron chi connectivity index (χ4n) is 2.40. The number of carbonyl (C=O) groups is 2. The molecule has 0 saturated carbocycles. The molecule has 2 heterocycles. The summed E-state index contributed by atoms with van der Waals surface area (Å²) in [6, 6.07) is 7.08. The van der Waals surface area contributed by atoms with Crippen molar-refractivity contribution in [2.75, 3.05) is 14.2 Å².